The summed E-state index contributed by atoms with van der Waals surface area (Å²) < 4.78 is 49.8. The monoisotopic (exact) mass is 708 g/mol. The van der Waals surface area contributed by atoms with Gasteiger partial charge in [0, 0.05) is 42.5 Å². The Bertz CT molecular complexity index is 2890. The van der Waals surface area contributed by atoms with Crippen LogP contribution in [0.1, 0.15) is 5.56 Å². The SMILES string of the molecule is Cc1ccc(S(=O)(=O)n2c3ccc(Br)cc3c3cccc(-c4ccc5ccccc5c4-n4c5ccccc5c5cccc(F)c54)c32)cc1. The van der Waals surface area contributed by atoms with Crippen molar-refractivity contribution < 1.29 is 12.8 Å². The molecule has 0 atom stereocenters. The number of para-hydroxylation sites is 3. The summed E-state index contributed by atoms with van der Waals surface area (Å²) in [6, 6.07) is 43.8. The number of hydrogen-bond acceptors (Lipinski definition) is 2. The number of aryl methyl sites for hydroxylation is 1. The Kier molecular flexibility index (Phi) is 6.41. The predicted octanol–water partition coefficient (Wildman–Crippen LogP) is 11.2. The number of hydrogen-bond donors (Lipinski definition) is 0. The maximum Gasteiger partial charge on any atom is 0.268 e. The van der Waals surface area contributed by atoms with E-state index in [2.05, 4.69) is 22.0 Å². The van der Waals surface area contributed by atoms with E-state index in [9.17, 15) is 8.42 Å². The van der Waals surface area contributed by atoms with E-state index in [1.165, 1.54) is 10.0 Å². The molecule has 0 saturated heterocycles. The van der Waals surface area contributed by atoms with Gasteiger partial charge in [-0.05, 0) is 54.8 Å². The molecule has 4 nitrogen and oxygen atoms in total. The van der Waals surface area contributed by atoms with Gasteiger partial charge in [-0.1, -0.05) is 119 Å². The van der Waals surface area contributed by atoms with E-state index in [0.717, 1.165) is 64.7 Å². The Balaban J connectivity index is 1.49. The van der Waals surface area contributed by atoms with Gasteiger partial charge in [-0.25, -0.2) is 16.8 Å². The van der Waals surface area contributed by atoms with Gasteiger partial charge in [0.2, 0.25) is 0 Å². The molecule has 2 aromatic heterocycles. The molecule has 0 aliphatic rings. The molecule has 7 aromatic carbocycles. The number of fused-ring (bicyclic) bond motifs is 7. The molecule has 0 amide bonds. The summed E-state index contributed by atoms with van der Waals surface area (Å²) in [4.78, 5) is 0.202. The van der Waals surface area contributed by atoms with Crippen molar-refractivity contribution >= 4 is 80.3 Å². The molecule has 9 aromatic rings. The molecule has 232 valence electrons. The van der Waals surface area contributed by atoms with Gasteiger partial charge in [0.05, 0.1) is 32.6 Å². The molecule has 0 fully saturated rings. The first-order valence-corrected chi connectivity index (χ1v) is 17.8. The molecule has 0 saturated carbocycles. The van der Waals surface area contributed by atoms with Crippen molar-refractivity contribution in [3.63, 3.8) is 0 Å². The Morgan fingerprint density at radius 3 is 2.08 bits per heavy atom. The summed E-state index contributed by atoms with van der Waals surface area (Å²) in [5.74, 6) is -0.332. The molecule has 0 N–H and O–H groups in total. The Labute approximate surface area is 284 Å². The first-order valence-electron chi connectivity index (χ1n) is 15.6. The molecule has 0 bridgehead atoms. The highest BCUT2D eigenvalue weighted by atomic mass is 79.9. The second-order valence-electron chi connectivity index (χ2n) is 12.1. The van der Waals surface area contributed by atoms with Crippen LogP contribution in [0.25, 0.3) is 71.2 Å². The fraction of sp³-hybridized carbons (Fsp3) is 0.0244. The zero-order valence-corrected chi connectivity index (χ0v) is 28.1. The largest absolute Gasteiger partial charge is 0.305 e. The highest BCUT2D eigenvalue weighted by molar-refractivity contribution is 9.10. The maximum atomic E-state index is 16.1. The highest BCUT2D eigenvalue weighted by Gasteiger charge is 2.28. The van der Waals surface area contributed by atoms with Crippen molar-refractivity contribution in [2.75, 3.05) is 0 Å². The van der Waals surface area contributed by atoms with Crippen LogP contribution < -0.4 is 0 Å². The van der Waals surface area contributed by atoms with Crippen LogP contribution in [0, 0.1) is 12.7 Å². The topological polar surface area (TPSA) is 44.0 Å². The van der Waals surface area contributed by atoms with E-state index in [1.54, 1.807) is 18.2 Å². The van der Waals surface area contributed by atoms with E-state index in [-0.39, 0.29) is 10.7 Å². The van der Waals surface area contributed by atoms with Crippen molar-refractivity contribution in [1.82, 2.24) is 8.54 Å². The van der Waals surface area contributed by atoms with Crippen molar-refractivity contribution in [1.29, 1.82) is 0 Å². The van der Waals surface area contributed by atoms with Gasteiger partial charge in [0.25, 0.3) is 10.0 Å². The summed E-state index contributed by atoms with van der Waals surface area (Å²) in [6.45, 7) is 1.94. The van der Waals surface area contributed by atoms with Gasteiger partial charge in [0.15, 0.2) is 0 Å². The minimum atomic E-state index is -4.06. The second kappa shape index (κ2) is 10.6. The zero-order chi connectivity index (χ0) is 32.7. The normalized spacial score (nSPS) is 12.2. The average Bonchev–Trinajstić information content (AvgIpc) is 3.62. The van der Waals surface area contributed by atoms with E-state index in [4.69, 9.17) is 0 Å². The zero-order valence-electron chi connectivity index (χ0n) is 25.7. The molecule has 9 rings (SSSR count). The summed E-state index contributed by atoms with van der Waals surface area (Å²) in [6.07, 6.45) is 0. The molecule has 2 heterocycles. The lowest BCUT2D eigenvalue weighted by atomic mass is 9.96. The van der Waals surface area contributed by atoms with E-state index < -0.39 is 10.0 Å². The molecular weight excluding hydrogens is 683 g/mol. The summed E-state index contributed by atoms with van der Waals surface area (Å²) in [5, 5.41) is 5.26. The molecule has 0 unspecified atom stereocenters. The van der Waals surface area contributed by atoms with E-state index >= 15 is 4.39 Å². The third kappa shape index (κ3) is 4.14. The molecule has 48 heavy (non-hydrogen) atoms. The van der Waals surface area contributed by atoms with Crippen LogP contribution >= 0.6 is 15.9 Å². The van der Waals surface area contributed by atoms with Crippen LogP contribution in [0.3, 0.4) is 0 Å². The average molecular weight is 710 g/mol. The summed E-state index contributed by atoms with van der Waals surface area (Å²) in [7, 11) is -4.06. The third-order valence-corrected chi connectivity index (χ3v) is 11.5. The van der Waals surface area contributed by atoms with Crippen molar-refractivity contribution in [2.24, 2.45) is 0 Å². The molecule has 0 aliphatic heterocycles. The van der Waals surface area contributed by atoms with Crippen molar-refractivity contribution in [2.45, 2.75) is 11.8 Å². The van der Waals surface area contributed by atoms with E-state index in [1.807, 2.05) is 121 Å². The van der Waals surface area contributed by atoms with Gasteiger partial charge < -0.3 is 4.57 Å². The first kappa shape index (κ1) is 28.9. The third-order valence-electron chi connectivity index (χ3n) is 9.33. The predicted molar refractivity (Wildman–Crippen MR) is 198 cm³/mol. The molecule has 7 heteroatoms. The van der Waals surface area contributed by atoms with Crippen LogP contribution in [-0.2, 0) is 10.0 Å². The van der Waals surface area contributed by atoms with E-state index in [0.29, 0.717) is 16.6 Å². The van der Waals surface area contributed by atoms with Gasteiger partial charge in [-0.15, -0.1) is 0 Å². The van der Waals surface area contributed by atoms with Gasteiger partial charge in [0.1, 0.15) is 5.82 Å². The summed E-state index contributed by atoms with van der Waals surface area (Å²) >= 11 is 3.61. The Morgan fingerprint density at radius 1 is 0.583 bits per heavy atom. The second-order valence-corrected chi connectivity index (χ2v) is 14.8. The Hall–Kier alpha value is -5.24. The van der Waals surface area contributed by atoms with Crippen LogP contribution in [0.4, 0.5) is 4.39 Å². The number of halogens is 2. The van der Waals surface area contributed by atoms with Gasteiger partial charge in [-0.3, -0.25) is 0 Å². The van der Waals surface area contributed by atoms with Crippen LogP contribution in [0.2, 0.25) is 0 Å². The lowest BCUT2D eigenvalue weighted by Crippen LogP contribution is -2.13. The quantitative estimate of drug-likeness (QED) is 0.183. The molecule has 0 radical (unpaired) electrons. The molecular formula is C41H26BrFN2O2S. The van der Waals surface area contributed by atoms with Gasteiger partial charge >= 0.3 is 0 Å². The number of aromatic nitrogens is 2. The fourth-order valence-electron chi connectivity index (χ4n) is 7.21. The smallest absolute Gasteiger partial charge is 0.268 e. The first-order chi connectivity index (χ1) is 23.3. The van der Waals surface area contributed by atoms with Crippen molar-refractivity contribution in [3.8, 4) is 16.8 Å². The number of benzene rings is 7. The lowest BCUT2D eigenvalue weighted by molar-refractivity contribution is 0.590. The minimum Gasteiger partial charge on any atom is -0.305 e. The highest BCUT2D eigenvalue weighted by Crippen LogP contribution is 2.45. The number of rotatable bonds is 4. The number of nitrogens with zero attached hydrogens (tertiary/aromatic N) is 2. The standard InChI is InChI=1S/C41H26BrFN2O2S/c1-25-16-20-28(21-17-25)48(46,47)45-38-23-19-27(42)24-35(38)33-12-6-11-32(40(33)45)34-22-18-26-8-2-3-9-29(26)39(34)44-37-15-5-4-10-30(37)31-13-7-14-36(43)41(31)44/h2-24H,1H3. The van der Waals surface area contributed by atoms with Crippen LogP contribution in [0.15, 0.2) is 149 Å². The minimum absolute atomic E-state index is 0.202. The van der Waals surface area contributed by atoms with Gasteiger partial charge in [-0.2, -0.15) is 0 Å². The molecule has 0 aliphatic carbocycles. The lowest BCUT2D eigenvalue weighted by Gasteiger charge is -2.19. The van der Waals surface area contributed by atoms with Crippen molar-refractivity contribution in [3.05, 3.63) is 155 Å². The fourth-order valence-corrected chi connectivity index (χ4v) is 9.11. The summed E-state index contributed by atoms with van der Waals surface area (Å²) in [5.41, 5.74) is 5.73. The maximum absolute atomic E-state index is 16.1. The van der Waals surface area contributed by atoms with Crippen LogP contribution in [0.5, 0.6) is 0 Å². The molecule has 0 spiro atoms. The Morgan fingerprint density at radius 2 is 1.27 bits per heavy atom. The van der Waals surface area contributed by atoms with Crippen LogP contribution in [-0.4, -0.2) is 17.0 Å².